The molecular weight excluding hydrogens is 283 g/mol. The van der Waals surface area contributed by atoms with E-state index in [1.165, 1.54) is 18.5 Å². The fourth-order valence-corrected chi connectivity index (χ4v) is 2.24. The molecule has 7 heteroatoms. The van der Waals surface area contributed by atoms with Gasteiger partial charge in [-0.25, -0.2) is 19.3 Å². The predicted octanol–water partition coefficient (Wildman–Crippen LogP) is 2.79. The summed E-state index contributed by atoms with van der Waals surface area (Å²) in [6.45, 7) is 2.80. The van der Waals surface area contributed by atoms with Crippen LogP contribution in [0, 0.1) is 5.82 Å². The SMILES string of the molecule is CCn1cnc2c(Nc3cc(F)cc(N(C)C)c3)ncnc21. The van der Waals surface area contributed by atoms with Crippen LogP contribution in [-0.2, 0) is 6.54 Å². The molecule has 0 unspecified atom stereocenters. The number of nitrogens with one attached hydrogen (secondary N) is 1. The van der Waals surface area contributed by atoms with Crippen molar-refractivity contribution in [2.24, 2.45) is 0 Å². The lowest BCUT2D eigenvalue weighted by atomic mass is 10.2. The van der Waals surface area contributed by atoms with Gasteiger partial charge in [-0.15, -0.1) is 0 Å². The minimum atomic E-state index is -0.307. The Morgan fingerprint density at radius 2 is 2.00 bits per heavy atom. The average molecular weight is 300 g/mol. The molecule has 0 fully saturated rings. The maximum absolute atomic E-state index is 13.7. The molecule has 0 aliphatic carbocycles. The third-order valence-electron chi connectivity index (χ3n) is 3.40. The summed E-state index contributed by atoms with van der Waals surface area (Å²) in [5, 5.41) is 3.13. The van der Waals surface area contributed by atoms with E-state index in [9.17, 15) is 4.39 Å². The number of hydrogen-bond acceptors (Lipinski definition) is 5. The lowest BCUT2D eigenvalue weighted by Crippen LogP contribution is -2.09. The standard InChI is InChI=1S/C15H17FN6/c1-4-22-9-19-13-14(17-8-18-15(13)22)20-11-5-10(16)6-12(7-11)21(2)3/h5-9H,4H2,1-3H3,(H,17,18,20). The largest absolute Gasteiger partial charge is 0.378 e. The highest BCUT2D eigenvalue weighted by atomic mass is 19.1. The summed E-state index contributed by atoms with van der Waals surface area (Å²) in [7, 11) is 3.73. The Kier molecular flexibility index (Phi) is 3.62. The highest BCUT2D eigenvalue weighted by molar-refractivity contribution is 5.85. The van der Waals surface area contributed by atoms with Crippen LogP contribution in [0.3, 0.4) is 0 Å². The first kappa shape index (κ1) is 14.2. The maximum Gasteiger partial charge on any atom is 0.165 e. The Morgan fingerprint density at radius 3 is 2.73 bits per heavy atom. The van der Waals surface area contributed by atoms with Gasteiger partial charge < -0.3 is 14.8 Å². The van der Waals surface area contributed by atoms with E-state index in [2.05, 4.69) is 20.3 Å². The van der Waals surface area contributed by atoms with Gasteiger partial charge in [0.05, 0.1) is 6.33 Å². The van der Waals surface area contributed by atoms with Crippen LogP contribution in [0.2, 0.25) is 0 Å². The maximum atomic E-state index is 13.7. The molecule has 0 saturated heterocycles. The summed E-state index contributed by atoms with van der Waals surface area (Å²) in [4.78, 5) is 14.6. The number of hydrogen-bond donors (Lipinski definition) is 1. The van der Waals surface area contributed by atoms with Gasteiger partial charge in [-0.3, -0.25) is 0 Å². The fraction of sp³-hybridized carbons (Fsp3) is 0.267. The van der Waals surface area contributed by atoms with Crippen LogP contribution in [0.25, 0.3) is 11.2 Å². The number of aromatic nitrogens is 4. The molecule has 1 N–H and O–H groups in total. The van der Waals surface area contributed by atoms with E-state index in [0.717, 1.165) is 17.9 Å². The molecule has 3 aromatic rings. The Balaban J connectivity index is 2.01. The lowest BCUT2D eigenvalue weighted by molar-refractivity contribution is 0.628. The number of rotatable bonds is 4. The number of anilines is 3. The first-order valence-corrected chi connectivity index (χ1v) is 6.99. The molecule has 0 bridgehead atoms. The molecule has 22 heavy (non-hydrogen) atoms. The second-order valence-electron chi connectivity index (χ2n) is 5.14. The van der Waals surface area contributed by atoms with Crippen LogP contribution >= 0.6 is 0 Å². The van der Waals surface area contributed by atoms with Gasteiger partial charge in [0.1, 0.15) is 12.1 Å². The van der Waals surface area contributed by atoms with Crippen LogP contribution in [0.1, 0.15) is 6.92 Å². The molecule has 0 atom stereocenters. The van der Waals surface area contributed by atoms with Gasteiger partial charge in [0.2, 0.25) is 0 Å². The molecule has 0 aliphatic heterocycles. The fourth-order valence-electron chi connectivity index (χ4n) is 2.24. The van der Waals surface area contributed by atoms with Crippen molar-refractivity contribution in [3.8, 4) is 0 Å². The van der Waals surface area contributed by atoms with E-state index < -0.39 is 0 Å². The molecule has 2 aromatic heterocycles. The third-order valence-corrected chi connectivity index (χ3v) is 3.40. The van der Waals surface area contributed by atoms with Crippen LogP contribution in [-0.4, -0.2) is 33.6 Å². The number of fused-ring (bicyclic) bond motifs is 1. The van der Waals surface area contributed by atoms with E-state index in [1.807, 2.05) is 36.6 Å². The molecule has 1 aromatic carbocycles. The Bertz CT molecular complexity index is 811. The topological polar surface area (TPSA) is 58.9 Å². The summed E-state index contributed by atoms with van der Waals surface area (Å²) in [6, 6.07) is 4.76. The van der Waals surface area contributed by atoms with Gasteiger partial charge in [-0.2, -0.15) is 0 Å². The van der Waals surface area contributed by atoms with Gasteiger partial charge in [-0.05, 0) is 25.1 Å². The minimum Gasteiger partial charge on any atom is -0.378 e. The molecule has 0 spiro atoms. The van der Waals surface area contributed by atoms with Crippen LogP contribution < -0.4 is 10.2 Å². The first-order chi connectivity index (χ1) is 10.6. The number of benzene rings is 1. The highest BCUT2D eigenvalue weighted by Gasteiger charge is 2.10. The predicted molar refractivity (Wildman–Crippen MR) is 85.0 cm³/mol. The molecular formula is C15H17FN6. The summed E-state index contributed by atoms with van der Waals surface area (Å²) >= 11 is 0. The normalized spacial score (nSPS) is 10.9. The van der Waals surface area contributed by atoms with Gasteiger partial charge in [0.15, 0.2) is 17.0 Å². The van der Waals surface area contributed by atoms with Crippen molar-refractivity contribution in [2.75, 3.05) is 24.3 Å². The third kappa shape index (κ3) is 2.57. The van der Waals surface area contributed by atoms with E-state index in [0.29, 0.717) is 17.0 Å². The zero-order valence-corrected chi connectivity index (χ0v) is 12.7. The zero-order valence-electron chi connectivity index (χ0n) is 12.7. The summed E-state index contributed by atoms with van der Waals surface area (Å²) in [5.74, 6) is 0.255. The molecule has 2 heterocycles. The molecule has 6 nitrogen and oxygen atoms in total. The van der Waals surface area contributed by atoms with Gasteiger partial charge in [-0.1, -0.05) is 0 Å². The molecule has 0 radical (unpaired) electrons. The Labute approximate surface area is 127 Å². The summed E-state index contributed by atoms with van der Waals surface area (Å²) in [5.41, 5.74) is 2.81. The van der Waals surface area contributed by atoms with E-state index in [1.54, 1.807) is 6.33 Å². The second kappa shape index (κ2) is 5.59. The van der Waals surface area contributed by atoms with E-state index >= 15 is 0 Å². The Morgan fingerprint density at radius 1 is 1.18 bits per heavy atom. The quantitative estimate of drug-likeness (QED) is 0.803. The van der Waals surface area contributed by atoms with Crippen molar-refractivity contribution in [3.63, 3.8) is 0 Å². The van der Waals surface area contributed by atoms with Crippen molar-refractivity contribution in [1.29, 1.82) is 0 Å². The molecule has 0 aliphatic rings. The van der Waals surface area contributed by atoms with Gasteiger partial charge >= 0.3 is 0 Å². The van der Waals surface area contributed by atoms with Crippen molar-refractivity contribution >= 4 is 28.4 Å². The van der Waals surface area contributed by atoms with Gasteiger partial charge in [0.25, 0.3) is 0 Å². The van der Waals surface area contributed by atoms with Crippen LogP contribution in [0.5, 0.6) is 0 Å². The van der Waals surface area contributed by atoms with Crippen LogP contribution in [0.4, 0.5) is 21.6 Å². The minimum absolute atomic E-state index is 0.307. The molecule has 0 saturated carbocycles. The van der Waals surface area contributed by atoms with Crippen molar-refractivity contribution in [1.82, 2.24) is 19.5 Å². The summed E-state index contributed by atoms with van der Waals surface area (Å²) < 4.78 is 15.7. The van der Waals surface area contributed by atoms with Crippen molar-refractivity contribution in [2.45, 2.75) is 13.5 Å². The number of halogens is 1. The smallest absolute Gasteiger partial charge is 0.165 e. The van der Waals surface area contributed by atoms with E-state index in [-0.39, 0.29) is 5.82 Å². The molecule has 114 valence electrons. The van der Waals surface area contributed by atoms with Crippen LogP contribution in [0.15, 0.2) is 30.9 Å². The number of aryl methyl sites for hydroxylation is 1. The number of nitrogens with zero attached hydrogens (tertiary/aromatic N) is 5. The Hall–Kier alpha value is -2.70. The first-order valence-electron chi connectivity index (χ1n) is 6.99. The lowest BCUT2D eigenvalue weighted by Gasteiger charge is -2.14. The number of imidazole rings is 1. The van der Waals surface area contributed by atoms with Crippen molar-refractivity contribution in [3.05, 3.63) is 36.7 Å². The zero-order chi connectivity index (χ0) is 15.7. The average Bonchev–Trinajstić information content (AvgIpc) is 2.90. The summed E-state index contributed by atoms with van der Waals surface area (Å²) in [6.07, 6.45) is 3.20. The van der Waals surface area contributed by atoms with Crippen molar-refractivity contribution < 1.29 is 4.39 Å². The highest BCUT2D eigenvalue weighted by Crippen LogP contribution is 2.25. The second-order valence-corrected chi connectivity index (χ2v) is 5.14. The molecule has 3 rings (SSSR count). The molecule has 0 amide bonds. The monoisotopic (exact) mass is 300 g/mol. The van der Waals surface area contributed by atoms with E-state index in [4.69, 9.17) is 0 Å². The van der Waals surface area contributed by atoms with Gasteiger partial charge in [0, 0.05) is 32.0 Å².